The summed E-state index contributed by atoms with van der Waals surface area (Å²) in [7, 11) is 0. The zero-order valence-corrected chi connectivity index (χ0v) is 18.6. The summed E-state index contributed by atoms with van der Waals surface area (Å²) in [6, 6.07) is 0. The number of carbonyl (C=O) groups excluding carboxylic acids is 1. The Hall–Kier alpha value is -1.06. The minimum atomic E-state index is -0.768. The number of unbranched alkanes of at least 4 members (excludes halogenated alkanes) is 6. The van der Waals surface area contributed by atoms with Crippen molar-refractivity contribution in [2.75, 3.05) is 0 Å². The Morgan fingerprint density at radius 2 is 1.46 bits per heavy atom. The smallest absolute Gasteiger partial charge is 0.309 e. The maximum Gasteiger partial charge on any atom is 0.309 e. The minimum absolute atomic E-state index is 0.0124. The molecule has 0 heterocycles. The summed E-state index contributed by atoms with van der Waals surface area (Å²) in [4.78, 5) is 23.9. The van der Waals surface area contributed by atoms with Crippen LogP contribution in [0.5, 0.6) is 0 Å². The fraction of sp³-hybridized carbons (Fsp3) is 0.917. The van der Waals surface area contributed by atoms with E-state index in [0.717, 1.165) is 44.4 Å². The monoisotopic (exact) mass is 396 g/mol. The van der Waals surface area contributed by atoms with Crippen LogP contribution in [0.4, 0.5) is 0 Å². The molecule has 0 spiro atoms. The SMILES string of the molecule is CCCCCCCC(CCCCCC(C)C)OC(=O)C1CCCC(C(=O)O)C1. The quantitative estimate of drug-likeness (QED) is 0.245. The van der Waals surface area contributed by atoms with Gasteiger partial charge in [0, 0.05) is 0 Å². The predicted molar refractivity (Wildman–Crippen MR) is 114 cm³/mol. The van der Waals surface area contributed by atoms with Gasteiger partial charge in [0.05, 0.1) is 11.8 Å². The highest BCUT2D eigenvalue weighted by molar-refractivity contribution is 5.75. The van der Waals surface area contributed by atoms with Crippen LogP contribution in [0.25, 0.3) is 0 Å². The van der Waals surface area contributed by atoms with Gasteiger partial charge in [-0.1, -0.05) is 72.1 Å². The number of carbonyl (C=O) groups is 2. The number of hydrogen-bond acceptors (Lipinski definition) is 3. The number of carboxylic acids is 1. The largest absolute Gasteiger partial charge is 0.481 e. The van der Waals surface area contributed by atoms with Crippen LogP contribution >= 0.6 is 0 Å². The summed E-state index contributed by atoms with van der Waals surface area (Å²) >= 11 is 0. The van der Waals surface area contributed by atoms with Gasteiger partial charge in [-0.15, -0.1) is 0 Å². The summed E-state index contributed by atoms with van der Waals surface area (Å²) in [5, 5.41) is 9.26. The van der Waals surface area contributed by atoms with Crippen LogP contribution in [-0.4, -0.2) is 23.1 Å². The highest BCUT2D eigenvalue weighted by Crippen LogP contribution is 2.31. The van der Waals surface area contributed by atoms with Gasteiger partial charge >= 0.3 is 11.9 Å². The Kier molecular flexibility index (Phi) is 13.3. The topological polar surface area (TPSA) is 63.6 Å². The molecule has 4 nitrogen and oxygen atoms in total. The molecule has 28 heavy (non-hydrogen) atoms. The molecular weight excluding hydrogens is 352 g/mol. The van der Waals surface area contributed by atoms with E-state index in [1.807, 2.05) is 0 Å². The van der Waals surface area contributed by atoms with Crippen molar-refractivity contribution in [3.63, 3.8) is 0 Å². The fourth-order valence-electron chi connectivity index (χ4n) is 4.23. The second-order valence-electron chi connectivity index (χ2n) is 9.19. The van der Waals surface area contributed by atoms with E-state index >= 15 is 0 Å². The maximum absolute atomic E-state index is 12.7. The molecular formula is C24H44O4. The first kappa shape index (κ1) is 25.0. The van der Waals surface area contributed by atoms with E-state index in [1.165, 1.54) is 44.9 Å². The molecule has 1 aliphatic rings. The lowest BCUT2D eigenvalue weighted by Gasteiger charge is -2.27. The third-order valence-corrected chi connectivity index (χ3v) is 6.08. The van der Waals surface area contributed by atoms with E-state index in [4.69, 9.17) is 4.74 Å². The molecule has 0 bridgehead atoms. The number of rotatable bonds is 15. The van der Waals surface area contributed by atoms with E-state index in [9.17, 15) is 14.7 Å². The Morgan fingerprint density at radius 3 is 2.07 bits per heavy atom. The van der Waals surface area contributed by atoms with Crippen LogP contribution in [0.15, 0.2) is 0 Å². The second-order valence-corrected chi connectivity index (χ2v) is 9.19. The molecule has 3 unspecified atom stereocenters. The lowest BCUT2D eigenvalue weighted by atomic mass is 9.81. The lowest BCUT2D eigenvalue weighted by molar-refractivity contribution is -0.158. The van der Waals surface area contributed by atoms with Gasteiger partial charge in [-0.25, -0.2) is 0 Å². The van der Waals surface area contributed by atoms with Crippen molar-refractivity contribution in [1.29, 1.82) is 0 Å². The van der Waals surface area contributed by atoms with Crippen LogP contribution in [0.3, 0.4) is 0 Å². The molecule has 1 fully saturated rings. The highest BCUT2D eigenvalue weighted by Gasteiger charge is 2.32. The molecule has 1 rings (SSSR count). The first-order valence-corrected chi connectivity index (χ1v) is 11.9. The van der Waals surface area contributed by atoms with Gasteiger partial charge < -0.3 is 9.84 Å². The second kappa shape index (κ2) is 14.9. The Bertz CT molecular complexity index is 432. The van der Waals surface area contributed by atoms with Crippen molar-refractivity contribution in [2.45, 2.75) is 123 Å². The van der Waals surface area contributed by atoms with E-state index in [1.54, 1.807) is 0 Å². The van der Waals surface area contributed by atoms with Crippen molar-refractivity contribution in [2.24, 2.45) is 17.8 Å². The Balaban J connectivity index is 2.44. The highest BCUT2D eigenvalue weighted by atomic mass is 16.5. The molecule has 0 aromatic heterocycles. The summed E-state index contributed by atoms with van der Waals surface area (Å²) in [5.74, 6) is -0.768. The van der Waals surface area contributed by atoms with Crippen LogP contribution in [-0.2, 0) is 14.3 Å². The number of ether oxygens (including phenoxy) is 1. The Labute approximate surface area is 172 Å². The molecule has 164 valence electrons. The van der Waals surface area contributed by atoms with Gasteiger partial charge in [-0.05, 0) is 50.9 Å². The molecule has 0 aliphatic heterocycles. The first-order chi connectivity index (χ1) is 13.4. The molecule has 0 aromatic rings. The average molecular weight is 397 g/mol. The van der Waals surface area contributed by atoms with Crippen molar-refractivity contribution in [3.8, 4) is 0 Å². The zero-order chi connectivity index (χ0) is 20.8. The van der Waals surface area contributed by atoms with Gasteiger partial charge in [0.25, 0.3) is 0 Å². The fourth-order valence-corrected chi connectivity index (χ4v) is 4.23. The van der Waals surface area contributed by atoms with Crippen LogP contribution in [0.2, 0.25) is 0 Å². The number of hydrogen-bond donors (Lipinski definition) is 1. The number of esters is 1. The van der Waals surface area contributed by atoms with E-state index < -0.39 is 5.97 Å². The molecule has 1 aliphatic carbocycles. The van der Waals surface area contributed by atoms with Crippen molar-refractivity contribution < 1.29 is 19.4 Å². The van der Waals surface area contributed by atoms with E-state index in [-0.39, 0.29) is 23.9 Å². The molecule has 3 atom stereocenters. The van der Waals surface area contributed by atoms with Gasteiger partial charge in [0.15, 0.2) is 0 Å². The van der Waals surface area contributed by atoms with Gasteiger partial charge in [0.1, 0.15) is 6.10 Å². The molecule has 0 radical (unpaired) electrons. The molecule has 0 saturated heterocycles. The molecule has 1 saturated carbocycles. The van der Waals surface area contributed by atoms with Crippen molar-refractivity contribution in [1.82, 2.24) is 0 Å². The van der Waals surface area contributed by atoms with Gasteiger partial charge in [-0.2, -0.15) is 0 Å². The van der Waals surface area contributed by atoms with Crippen LogP contribution in [0.1, 0.15) is 117 Å². The van der Waals surface area contributed by atoms with Crippen molar-refractivity contribution in [3.05, 3.63) is 0 Å². The first-order valence-electron chi connectivity index (χ1n) is 11.9. The molecule has 1 N–H and O–H groups in total. The molecule has 0 aromatic carbocycles. The Morgan fingerprint density at radius 1 is 0.893 bits per heavy atom. The van der Waals surface area contributed by atoms with Crippen molar-refractivity contribution >= 4 is 11.9 Å². The minimum Gasteiger partial charge on any atom is -0.481 e. The number of carboxylic acid groups (broad SMARTS) is 1. The summed E-state index contributed by atoms with van der Waals surface area (Å²) in [5.41, 5.74) is 0. The summed E-state index contributed by atoms with van der Waals surface area (Å²) < 4.78 is 5.92. The summed E-state index contributed by atoms with van der Waals surface area (Å²) in [6.07, 6.45) is 15.6. The van der Waals surface area contributed by atoms with Crippen LogP contribution < -0.4 is 0 Å². The average Bonchev–Trinajstić information content (AvgIpc) is 2.67. The van der Waals surface area contributed by atoms with Gasteiger partial charge in [-0.3, -0.25) is 9.59 Å². The standard InChI is InChI=1S/C24H44O4/c1-4-5-6-7-10-16-22(17-11-8-9-13-19(2)3)28-24(27)21-15-12-14-20(18-21)23(25)26/h19-22H,4-18H2,1-3H3,(H,25,26). The van der Waals surface area contributed by atoms with Crippen LogP contribution in [0, 0.1) is 17.8 Å². The predicted octanol–water partition coefficient (Wildman–Crippen LogP) is 6.76. The molecule has 0 amide bonds. The summed E-state index contributed by atoms with van der Waals surface area (Å²) in [6.45, 7) is 6.74. The maximum atomic E-state index is 12.7. The number of aliphatic carboxylic acids is 1. The molecule has 4 heteroatoms. The normalized spacial score (nSPS) is 20.9. The zero-order valence-electron chi connectivity index (χ0n) is 18.6. The van der Waals surface area contributed by atoms with E-state index in [0.29, 0.717) is 12.8 Å². The third-order valence-electron chi connectivity index (χ3n) is 6.08. The van der Waals surface area contributed by atoms with Gasteiger partial charge in [0.2, 0.25) is 0 Å². The van der Waals surface area contributed by atoms with E-state index in [2.05, 4.69) is 20.8 Å². The lowest BCUT2D eigenvalue weighted by Crippen LogP contribution is -2.31. The third kappa shape index (κ3) is 11.1.